The highest BCUT2D eigenvalue weighted by Crippen LogP contribution is 2.56. The molecule has 0 radical (unpaired) electrons. The summed E-state index contributed by atoms with van der Waals surface area (Å²) in [6, 6.07) is 33.4. The molecule has 0 fully saturated rings. The number of H-pyrrole nitrogens is 2. The van der Waals surface area contributed by atoms with Gasteiger partial charge < -0.3 is 29.3 Å². The maximum absolute atomic E-state index is 12.3. The number of hydrogen-bond acceptors (Lipinski definition) is 3. The molecule has 5 nitrogen and oxygen atoms in total. The summed E-state index contributed by atoms with van der Waals surface area (Å²) in [6.07, 6.45) is 10.8. The highest BCUT2D eigenvalue weighted by Gasteiger charge is 2.44. The van der Waals surface area contributed by atoms with Crippen molar-refractivity contribution >= 4 is 39.6 Å². The van der Waals surface area contributed by atoms with Crippen LogP contribution >= 0.6 is 7.26 Å². The second-order valence-corrected chi connectivity index (χ2v) is 16.0. The smallest absolute Gasteiger partial charge is 0.272 e. The second-order valence-electron chi connectivity index (χ2n) is 12.4. The number of benzene rings is 4. The normalized spacial score (nSPS) is 11.4. The quantitative estimate of drug-likeness (QED) is 0.0829. The average Bonchev–Trinajstić information content (AvgIpc) is 3.05. The first-order valence-electron chi connectivity index (χ1n) is 16.5. The molecule has 0 aliphatic heterocycles. The molecule has 5 aromatic rings. The first kappa shape index (κ1) is 35.6. The van der Waals surface area contributed by atoms with Gasteiger partial charge in [-0.1, -0.05) is 91.3 Å². The van der Waals surface area contributed by atoms with Gasteiger partial charge in [0, 0.05) is 12.2 Å². The van der Waals surface area contributed by atoms with Crippen LogP contribution in [0.1, 0.15) is 68.1 Å². The van der Waals surface area contributed by atoms with E-state index in [4.69, 9.17) is 0 Å². The molecule has 242 valence electrons. The zero-order valence-corrected chi connectivity index (χ0v) is 30.4. The highest BCUT2D eigenvalue weighted by molar-refractivity contribution is 7.95. The van der Waals surface area contributed by atoms with Crippen molar-refractivity contribution in [1.82, 2.24) is 10.2 Å². The molecule has 5 rings (SSSR count). The van der Waals surface area contributed by atoms with E-state index in [0.717, 1.165) is 25.1 Å². The molecule has 1 aromatic heterocycles. The van der Waals surface area contributed by atoms with Gasteiger partial charge in [-0.05, 0) is 88.6 Å². The lowest BCUT2D eigenvalue weighted by Crippen LogP contribution is -3.00. The third kappa shape index (κ3) is 8.57. The number of aromatic nitrogens is 2. The number of unbranched alkanes of at least 4 members (excludes halogenated alkanes) is 7. The minimum atomic E-state index is -1.78. The first-order chi connectivity index (χ1) is 21.9. The largest absolute Gasteiger partial charge is 1.00 e. The van der Waals surface area contributed by atoms with Gasteiger partial charge >= 0.3 is 0 Å². The molecule has 0 saturated carbocycles. The molecule has 3 N–H and O–H groups in total. The Bertz CT molecular complexity index is 1680. The monoisotopic (exact) mass is 747 g/mol. The molecule has 0 spiro atoms. The summed E-state index contributed by atoms with van der Waals surface area (Å²) in [6.45, 7) is 7.31. The van der Waals surface area contributed by atoms with Crippen LogP contribution in [0.15, 0.2) is 101 Å². The van der Waals surface area contributed by atoms with Crippen LogP contribution in [0.3, 0.4) is 0 Å². The van der Waals surface area contributed by atoms with Crippen molar-refractivity contribution in [3.63, 3.8) is 0 Å². The Balaban J connectivity index is 0.00000480. The van der Waals surface area contributed by atoms with Crippen molar-refractivity contribution in [2.45, 2.75) is 72.1 Å². The lowest BCUT2D eigenvalue weighted by atomic mass is 10.1. The van der Waals surface area contributed by atoms with E-state index in [1.807, 2.05) is 12.1 Å². The van der Waals surface area contributed by atoms with E-state index in [1.165, 1.54) is 77.3 Å². The summed E-state index contributed by atoms with van der Waals surface area (Å²) >= 11 is 0. The van der Waals surface area contributed by atoms with Crippen LogP contribution in [-0.4, -0.2) is 22.9 Å². The number of halogens is 1. The molecule has 0 aliphatic rings. The predicted octanol–water partition coefficient (Wildman–Crippen LogP) is 4.67. The van der Waals surface area contributed by atoms with Crippen molar-refractivity contribution in [2.24, 2.45) is 0 Å². The third-order valence-electron chi connectivity index (χ3n) is 8.99. The fourth-order valence-electron chi connectivity index (χ4n) is 6.37. The summed E-state index contributed by atoms with van der Waals surface area (Å²) in [5.41, 5.74) is 4.09. The van der Waals surface area contributed by atoms with Crippen molar-refractivity contribution in [1.29, 1.82) is 0 Å². The van der Waals surface area contributed by atoms with E-state index < -0.39 is 7.26 Å². The Morgan fingerprint density at radius 1 is 0.543 bits per heavy atom. The topological polar surface area (TPSA) is 77.8 Å². The van der Waals surface area contributed by atoms with Crippen molar-refractivity contribution in [3.8, 4) is 0 Å². The summed E-state index contributed by atoms with van der Waals surface area (Å²) < 4.78 is 0. The van der Waals surface area contributed by atoms with Crippen molar-refractivity contribution in [2.75, 3.05) is 18.0 Å². The molecular weight excluding hydrogens is 700 g/mol. The van der Waals surface area contributed by atoms with E-state index in [1.54, 1.807) is 6.07 Å². The van der Waals surface area contributed by atoms with Gasteiger partial charge in [0.2, 0.25) is 0 Å². The van der Waals surface area contributed by atoms with E-state index in [2.05, 4.69) is 109 Å². The predicted molar refractivity (Wildman–Crippen MR) is 195 cm³/mol. The Morgan fingerprint density at radius 2 is 0.978 bits per heavy atom. The average molecular weight is 748 g/mol. The minimum Gasteiger partial charge on any atom is -1.00 e. The number of aromatic amines is 2. The molecule has 0 amide bonds. The second kappa shape index (κ2) is 17.1. The van der Waals surface area contributed by atoms with Crippen LogP contribution in [0, 0.1) is 20.8 Å². The summed E-state index contributed by atoms with van der Waals surface area (Å²) in [5, 5.41) is 13.5. The Hall–Kier alpha value is -3.22. The highest BCUT2D eigenvalue weighted by atomic mass is 127. The molecule has 0 unspecified atom stereocenters. The first-order valence-corrected chi connectivity index (χ1v) is 18.4. The SMILES string of the molecule is Cc1ccc([P+](CCCCCCCCCCNc2cccc3c(=O)[nH][nH]c(=O)c23)(c2ccc(C)cc2)c2ccc(C)cc2)cc1.[I-]. The van der Waals surface area contributed by atoms with Gasteiger partial charge in [-0.2, -0.15) is 0 Å². The Kier molecular flexibility index (Phi) is 13.2. The standard InChI is InChI=1S/C39H46N3O2P.HI/c1-29-15-21-32(22-16-29)45(33-23-17-30(2)18-24-33,34-25-19-31(3)20-26-34)28-11-9-7-5-4-6-8-10-27-40-36-14-12-13-35-37(36)39(44)42-41-38(35)43;/h12-26H,4-11,27-28H2,1-3H3,(H2-,40,41,42,43,44);1H. The van der Waals surface area contributed by atoms with E-state index in [0.29, 0.717) is 10.8 Å². The van der Waals surface area contributed by atoms with Gasteiger partial charge in [-0.3, -0.25) is 19.8 Å². The van der Waals surface area contributed by atoms with Crippen molar-refractivity contribution in [3.05, 3.63) is 128 Å². The number of hydrogen-bond donors (Lipinski definition) is 3. The van der Waals surface area contributed by atoms with Gasteiger partial charge in [-0.25, -0.2) is 0 Å². The molecule has 0 atom stereocenters. The number of fused-ring (bicyclic) bond motifs is 1. The third-order valence-corrected chi connectivity index (χ3v) is 13.5. The maximum atomic E-state index is 12.3. The molecule has 46 heavy (non-hydrogen) atoms. The summed E-state index contributed by atoms with van der Waals surface area (Å²) in [4.78, 5) is 24.3. The number of anilines is 1. The fraction of sp³-hybridized carbons (Fsp3) is 0.333. The van der Waals surface area contributed by atoms with Gasteiger partial charge in [-0.15, -0.1) is 0 Å². The van der Waals surface area contributed by atoms with E-state index in [-0.39, 0.29) is 35.1 Å². The molecule has 1 heterocycles. The van der Waals surface area contributed by atoms with Crippen LogP contribution in [0.4, 0.5) is 5.69 Å². The van der Waals surface area contributed by atoms with E-state index >= 15 is 0 Å². The van der Waals surface area contributed by atoms with Crippen LogP contribution < -0.4 is 56.3 Å². The maximum Gasteiger partial charge on any atom is 0.272 e. The van der Waals surface area contributed by atoms with Crippen LogP contribution in [0.25, 0.3) is 10.8 Å². The lowest BCUT2D eigenvalue weighted by molar-refractivity contribution is -0.00000933. The number of rotatable bonds is 15. The zero-order valence-electron chi connectivity index (χ0n) is 27.4. The number of aryl methyl sites for hydroxylation is 3. The minimum absolute atomic E-state index is 0. The molecule has 0 aliphatic carbocycles. The van der Waals surface area contributed by atoms with Crippen LogP contribution in [0.2, 0.25) is 0 Å². The fourth-order valence-corrected chi connectivity index (χ4v) is 10.7. The number of nitrogens with one attached hydrogen (secondary N) is 3. The Morgan fingerprint density at radius 3 is 1.48 bits per heavy atom. The van der Waals surface area contributed by atoms with Gasteiger partial charge in [0.1, 0.15) is 23.2 Å². The molecular formula is C39H47IN3O2P. The van der Waals surface area contributed by atoms with Crippen LogP contribution in [0.5, 0.6) is 0 Å². The summed E-state index contributed by atoms with van der Waals surface area (Å²) in [7, 11) is -1.78. The molecule has 7 heteroatoms. The van der Waals surface area contributed by atoms with Crippen LogP contribution in [-0.2, 0) is 0 Å². The van der Waals surface area contributed by atoms with Gasteiger partial charge in [0.25, 0.3) is 11.1 Å². The van der Waals surface area contributed by atoms with Gasteiger partial charge in [0.15, 0.2) is 0 Å². The molecule has 4 aromatic carbocycles. The summed E-state index contributed by atoms with van der Waals surface area (Å²) in [5.74, 6) is 0. The van der Waals surface area contributed by atoms with E-state index in [9.17, 15) is 9.59 Å². The lowest BCUT2D eigenvalue weighted by Gasteiger charge is -2.28. The van der Waals surface area contributed by atoms with Gasteiger partial charge in [0.05, 0.1) is 16.9 Å². The zero-order chi connectivity index (χ0) is 31.6. The van der Waals surface area contributed by atoms with Crippen molar-refractivity contribution < 1.29 is 24.0 Å². The molecule has 0 bridgehead atoms. The molecule has 0 saturated heterocycles. The Labute approximate surface area is 291 Å².